The van der Waals surface area contributed by atoms with Crippen molar-refractivity contribution >= 4 is 0 Å². The van der Waals surface area contributed by atoms with E-state index in [2.05, 4.69) is 62.2 Å². The first-order valence-corrected chi connectivity index (χ1v) is 8.73. The van der Waals surface area contributed by atoms with Gasteiger partial charge in [0.15, 0.2) is 0 Å². The summed E-state index contributed by atoms with van der Waals surface area (Å²) in [4.78, 5) is 2.70. The zero-order valence-corrected chi connectivity index (χ0v) is 14.2. The van der Waals surface area contributed by atoms with Crippen LogP contribution in [-0.2, 0) is 6.42 Å². The first kappa shape index (κ1) is 16.5. The van der Waals surface area contributed by atoms with Crippen molar-refractivity contribution in [2.75, 3.05) is 13.1 Å². The summed E-state index contributed by atoms with van der Waals surface area (Å²) in [6, 6.07) is 11.1. The molecule has 1 fully saturated rings. The van der Waals surface area contributed by atoms with Gasteiger partial charge in [0.25, 0.3) is 0 Å². The summed E-state index contributed by atoms with van der Waals surface area (Å²) < 4.78 is 0. The van der Waals surface area contributed by atoms with Crippen LogP contribution in [0, 0.1) is 0 Å². The van der Waals surface area contributed by atoms with Crippen LogP contribution in [0.25, 0.3) is 0 Å². The molecule has 118 valence electrons. The quantitative estimate of drug-likeness (QED) is 0.845. The summed E-state index contributed by atoms with van der Waals surface area (Å²) in [7, 11) is 0. The van der Waals surface area contributed by atoms with E-state index in [-0.39, 0.29) is 0 Å². The molecule has 0 aliphatic carbocycles. The standard InChI is InChI=1S/C19H32N2/c1-5-17-10-12-18(13-11-17)19(20-6-2)14-21-15(3)8-7-9-16(21)4/h10-13,15-16,19-20H,5-9,14H2,1-4H3/t15-,16+,19?. The van der Waals surface area contributed by atoms with Gasteiger partial charge < -0.3 is 5.32 Å². The van der Waals surface area contributed by atoms with Gasteiger partial charge in [0.2, 0.25) is 0 Å². The Bertz CT molecular complexity index is 402. The third-order valence-corrected chi connectivity index (χ3v) is 5.01. The zero-order chi connectivity index (χ0) is 15.2. The third-order valence-electron chi connectivity index (χ3n) is 5.01. The molecule has 1 aliphatic heterocycles. The minimum Gasteiger partial charge on any atom is -0.309 e. The lowest BCUT2D eigenvalue weighted by molar-refractivity contribution is 0.0911. The van der Waals surface area contributed by atoms with E-state index < -0.39 is 0 Å². The third kappa shape index (κ3) is 4.31. The molecule has 1 heterocycles. The second kappa shape index (κ2) is 7.95. The van der Waals surface area contributed by atoms with E-state index in [1.165, 1.54) is 30.4 Å². The molecule has 3 atom stereocenters. The molecule has 1 aliphatic rings. The number of hydrogen-bond acceptors (Lipinski definition) is 2. The van der Waals surface area contributed by atoms with Crippen molar-refractivity contribution in [3.8, 4) is 0 Å². The van der Waals surface area contributed by atoms with E-state index in [0.29, 0.717) is 18.1 Å². The molecule has 2 nitrogen and oxygen atoms in total. The molecule has 21 heavy (non-hydrogen) atoms. The molecule has 2 rings (SSSR count). The van der Waals surface area contributed by atoms with Crippen LogP contribution in [0.2, 0.25) is 0 Å². The maximum absolute atomic E-state index is 3.68. The van der Waals surface area contributed by atoms with Crippen LogP contribution in [0.3, 0.4) is 0 Å². The molecule has 1 N–H and O–H groups in total. The Morgan fingerprint density at radius 2 is 1.71 bits per heavy atom. The van der Waals surface area contributed by atoms with Crippen molar-refractivity contribution < 1.29 is 0 Å². The molecular weight excluding hydrogens is 256 g/mol. The lowest BCUT2D eigenvalue weighted by Gasteiger charge is -2.41. The second-order valence-corrected chi connectivity index (χ2v) is 6.53. The van der Waals surface area contributed by atoms with Crippen LogP contribution in [0.4, 0.5) is 0 Å². The fraction of sp³-hybridized carbons (Fsp3) is 0.684. The summed E-state index contributed by atoms with van der Waals surface area (Å²) in [5.74, 6) is 0. The highest BCUT2D eigenvalue weighted by Crippen LogP contribution is 2.26. The van der Waals surface area contributed by atoms with Gasteiger partial charge >= 0.3 is 0 Å². The van der Waals surface area contributed by atoms with E-state index in [4.69, 9.17) is 0 Å². The molecule has 0 bridgehead atoms. The first-order valence-electron chi connectivity index (χ1n) is 8.73. The van der Waals surface area contributed by atoms with Crippen LogP contribution in [0.5, 0.6) is 0 Å². The largest absolute Gasteiger partial charge is 0.309 e. The van der Waals surface area contributed by atoms with Gasteiger partial charge in [-0.15, -0.1) is 0 Å². The molecule has 1 aromatic carbocycles. The topological polar surface area (TPSA) is 15.3 Å². The molecule has 1 unspecified atom stereocenters. The van der Waals surface area contributed by atoms with Crippen molar-refractivity contribution in [3.63, 3.8) is 0 Å². The van der Waals surface area contributed by atoms with Gasteiger partial charge in [0, 0.05) is 24.7 Å². The molecule has 1 saturated heterocycles. The Hall–Kier alpha value is -0.860. The molecule has 0 radical (unpaired) electrons. The predicted octanol–water partition coefficient (Wildman–Crippen LogP) is 4.16. The summed E-state index contributed by atoms with van der Waals surface area (Å²) in [6.07, 6.45) is 5.19. The summed E-state index contributed by atoms with van der Waals surface area (Å²) in [5.41, 5.74) is 2.85. The smallest absolute Gasteiger partial charge is 0.0449 e. The van der Waals surface area contributed by atoms with Gasteiger partial charge in [-0.1, -0.05) is 44.5 Å². The highest BCUT2D eigenvalue weighted by atomic mass is 15.2. The number of benzene rings is 1. The fourth-order valence-electron chi connectivity index (χ4n) is 3.57. The number of piperidine rings is 1. The van der Waals surface area contributed by atoms with Gasteiger partial charge in [-0.25, -0.2) is 0 Å². The lowest BCUT2D eigenvalue weighted by Crippen LogP contribution is -2.47. The second-order valence-electron chi connectivity index (χ2n) is 6.53. The number of rotatable bonds is 6. The zero-order valence-electron chi connectivity index (χ0n) is 14.2. The Morgan fingerprint density at radius 3 is 2.24 bits per heavy atom. The van der Waals surface area contributed by atoms with Crippen LogP contribution >= 0.6 is 0 Å². The van der Waals surface area contributed by atoms with Crippen LogP contribution in [0.15, 0.2) is 24.3 Å². The number of likely N-dealkylation sites (tertiary alicyclic amines) is 1. The number of hydrogen-bond donors (Lipinski definition) is 1. The van der Waals surface area contributed by atoms with E-state index in [1.54, 1.807) is 0 Å². The monoisotopic (exact) mass is 288 g/mol. The lowest BCUT2D eigenvalue weighted by atomic mass is 9.95. The predicted molar refractivity (Wildman–Crippen MR) is 91.7 cm³/mol. The average molecular weight is 288 g/mol. The molecule has 0 spiro atoms. The fourth-order valence-corrected chi connectivity index (χ4v) is 3.57. The van der Waals surface area contributed by atoms with Gasteiger partial charge in [0.05, 0.1) is 0 Å². The minimum absolute atomic E-state index is 0.448. The number of aryl methyl sites for hydroxylation is 1. The summed E-state index contributed by atoms with van der Waals surface area (Å²) >= 11 is 0. The molecule has 0 aromatic heterocycles. The Kier molecular flexibility index (Phi) is 6.25. The Balaban J connectivity index is 2.10. The van der Waals surface area contributed by atoms with Crippen molar-refractivity contribution in [1.29, 1.82) is 0 Å². The number of nitrogens with zero attached hydrogens (tertiary/aromatic N) is 1. The molecule has 2 heteroatoms. The van der Waals surface area contributed by atoms with Crippen LogP contribution in [-0.4, -0.2) is 30.1 Å². The molecule has 0 saturated carbocycles. The number of likely N-dealkylation sites (N-methyl/N-ethyl adjacent to an activating group) is 1. The van der Waals surface area contributed by atoms with Crippen LogP contribution < -0.4 is 5.32 Å². The number of nitrogens with one attached hydrogen (secondary N) is 1. The van der Waals surface area contributed by atoms with Crippen molar-refractivity contribution in [3.05, 3.63) is 35.4 Å². The van der Waals surface area contributed by atoms with Gasteiger partial charge in [-0.2, -0.15) is 0 Å². The highest BCUT2D eigenvalue weighted by molar-refractivity contribution is 5.25. The van der Waals surface area contributed by atoms with Crippen LogP contribution in [0.1, 0.15) is 64.1 Å². The Labute approximate surface area is 130 Å². The molecule has 0 amide bonds. The van der Waals surface area contributed by atoms with E-state index in [9.17, 15) is 0 Å². The van der Waals surface area contributed by atoms with Crippen molar-refractivity contribution in [1.82, 2.24) is 10.2 Å². The molecule has 1 aromatic rings. The van der Waals surface area contributed by atoms with Gasteiger partial charge in [0.1, 0.15) is 0 Å². The normalized spacial score (nSPS) is 25.0. The maximum Gasteiger partial charge on any atom is 0.0449 e. The average Bonchev–Trinajstić information content (AvgIpc) is 2.50. The summed E-state index contributed by atoms with van der Waals surface area (Å²) in [5, 5.41) is 3.68. The Morgan fingerprint density at radius 1 is 1.10 bits per heavy atom. The van der Waals surface area contributed by atoms with Crippen molar-refractivity contribution in [2.45, 2.75) is 71.5 Å². The minimum atomic E-state index is 0.448. The highest BCUT2D eigenvalue weighted by Gasteiger charge is 2.27. The SMILES string of the molecule is CCNC(CN1[C@H](C)CCC[C@@H]1C)c1ccc(CC)cc1. The summed E-state index contributed by atoms with van der Waals surface area (Å²) in [6.45, 7) is 11.3. The van der Waals surface area contributed by atoms with Crippen molar-refractivity contribution in [2.24, 2.45) is 0 Å². The molecular formula is C19H32N2. The van der Waals surface area contributed by atoms with Gasteiger partial charge in [-0.05, 0) is 50.8 Å². The maximum atomic E-state index is 3.68. The first-order chi connectivity index (χ1) is 10.2. The van der Waals surface area contributed by atoms with Gasteiger partial charge in [-0.3, -0.25) is 4.90 Å². The van der Waals surface area contributed by atoms with E-state index in [1.807, 2.05) is 0 Å². The van der Waals surface area contributed by atoms with E-state index in [0.717, 1.165) is 19.5 Å². The van der Waals surface area contributed by atoms with E-state index >= 15 is 0 Å².